The zero-order chi connectivity index (χ0) is 14.8. The maximum Gasteiger partial charge on any atom is 0.417 e. The average Bonchev–Trinajstić information content (AvgIpc) is 2.85. The van der Waals surface area contributed by atoms with Gasteiger partial charge in [-0.1, -0.05) is 12.1 Å². The van der Waals surface area contributed by atoms with Gasteiger partial charge in [0.1, 0.15) is 0 Å². The Hall–Kier alpha value is -2.03. The first-order valence-electron chi connectivity index (χ1n) is 6.30. The fourth-order valence-corrected chi connectivity index (χ4v) is 2.46. The molecule has 0 saturated heterocycles. The zero-order valence-electron chi connectivity index (χ0n) is 10.6. The lowest BCUT2D eigenvalue weighted by Gasteiger charge is -2.18. The number of carbonyl (C=O) groups excluding carboxylic acids is 1. The van der Waals surface area contributed by atoms with Crippen LogP contribution in [0.3, 0.4) is 0 Å². The van der Waals surface area contributed by atoms with Gasteiger partial charge in [-0.3, -0.25) is 4.79 Å². The number of nitriles is 1. The summed E-state index contributed by atoms with van der Waals surface area (Å²) in [7, 11) is 0. The number of carbonyl (C=O) groups is 1. The van der Waals surface area contributed by atoms with Crippen LogP contribution in [0.1, 0.15) is 35.2 Å². The Morgan fingerprint density at radius 3 is 2.65 bits per heavy atom. The molecule has 2 rings (SSSR count). The maximum atomic E-state index is 12.8. The Morgan fingerprint density at radius 1 is 1.30 bits per heavy atom. The normalized spacial score (nSPS) is 22.3. The molecule has 0 radical (unpaired) electrons. The van der Waals surface area contributed by atoms with Crippen molar-refractivity contribution >= 4 is 5.91 Å². The summed E-state index contributed by atoms with van der Waals surface area (Å²) in [5.41, 5.74) is -1.35. The molecule has 2 unspecified atom stereocenters. The molecular formula is C14H13F3N2O. The molecule has 1 N–H and O–H groups in total. The highest BCUT2D eigenvalue weighted by Crippen LogP contribution is 2.32. The van der Waals surface area contributed by atoms with Crippen molar-refractivity contribution < 1.29 is 18.0 Å². The summed E-state index contributed by atoms with van der Waals surface area (Å²) in [5.74, 6) is -1.10. The van der Waals surface area contributed by atoms with E-state index in [1.807, 2.05) is 0 Å². The second-order valence-corrected chi connectivity index (χ2v) is 4.79. The second-order valence-electron chi connectivity index (χ2n) is 4.79. The summed E-state index contributed by atoms with van der Waals surface area (Å²) < 4.78 is 38.5. The van der Waals surface area contributed by atoms with Crippen LogP contribution in [0.15, 0.2) is 24.3 Å². The van der Waals surface area contributed by atoms with E-state index < -0.39 is 23.2 Å². The van der Waals surface area contributed by atoms with Gasteiger partial charge < -0.3 is 5.32 Å². The topological polar surface area (TPSA) is 52.9 Å². The van der Waals surface area contributed by atoms with Crippen molar-refractivity contribution in [2.24, 2.45) is 5.92 Å². The number of halogens is 3. The van der Waals surface area contributed by atoms with Crippen LogP contribution in [-0.4, -0.2) is 11.9 Å². The van der Waals surface area contributed by atoms with Gasteiger partial charge in [-0.25, -0.2) is 0 Å². The van der Waals surface area contributed by atoms with E-state index in [0.29, 0.717) is 12.8 Å². The van der Waals surface area contributed by atoms with Crippen molar-refractivity contribution in [3.8, 4) is 6.07 Å². The van der Waals surface area contributed by atoms with Gasteiger partial charge in [0, 0.05) is 6.04 Å². The fraction of sp³-hybridized carbons (Fsp3) is 0.429. The number of nitrogens with one attached hydrogen (secondary N) is 1. The first-order valence-corrected chi connectivity index (χ1v) is 6.30. The molecule has 1 saturated carbocycles. The van der Waals surface area contributed by atoms with E-state index in [9.17, 15) is 18.0 Å². The Bertz CT molecular complexity index is 548. The highest BCUT2D eigenvalue weighted by Gasteiger charge is 2.36. The Morgan fingerprint density at radius 2 is 2.00 bits per heavy atom. The van der Waals surface area contributed by atoms with Crippen molar-refractivity contribution in [3.63, 3.8) is 0 Å². The van der Waals surface area contributed by atoms with Crippen LogP contribution in [0, 0.1) is 17.2 Å². The second kappa shape index (κ2) is 5.53. The number of hydrogen-bond acceptors (Lipinski definition) is 2. The molecule has 20 heavy (non-hydrogen) atoms. The number of nitrogens with zero attached hydrogens (tertiary/aromatic N) is 1. The molecule has 6 heteroatoms. The quantitative estimate of drug-likeness (QED) is 0.906. The molecule has 1 fully saturated rings. The number of amides is 1. The van der Waals surface area contributed by atoms with Gasteiger partial charge >= 0.3 is 6.18 Å². The highest BCUT2D eigenvalue weighted by molar-refractivity contribution is 5.96. The minimum absolute atomic E-state index is 0.322. The van der Waals surface area contributed by atoms with E-state index in [1.165, 1.54) is 12.1 Å². The predicted molar refractivity (Wildman–Crippen MR) is 65.7 cm³/mol. The van der Waals surface area contributed by atoms with Gasteiger partial charge in [0.2, 0.25) is 0 Å². The maximum absolute atomic E-state index is 12.8. The van der Waals surface area contributed by atoms with Crippen LogP contribution in [0.5, 0.6) is 0 Å². The van der Waals surface area contributed by atoms with Gasteiger partial charge in [-0.15, -0.1) is 0 Å². The lowest BCUT2D eigenvalue weighted by molar-refractivity contribution is -0.137. The number of hydrogen-bond donors (Lipinski definition) is 1. The SMILES string of the molecule is N#CC1CCCC1NC(=O)c1ccccc1C(F)(F)F. The Kier molecular flexibility index (Phi) is 3.98. The van der Waals surface area contributed by atoms with Crippen LogP contribution in [0.4, 0.5) is 13.2 Å². The van der Waals surface area contributed by atoms with E-state index in [4.69, 9.17) is 5.26 Å². The fourth-order valence-electron chi connectivity index (χ4n) is 2.46. The lowest BCUT2D eigenvalue weighted by Crippen LogP contribution is -2.37. The lowest BCUT2D eigenvalue weighted by atomic mass is 10.0. The van der Waals surface area contributed by atoms with Crippen molar-refractivity contribution in [1.29, 1.82) is 5.26 Å². The highest BCUT2D eigenvalue weighted by atomic mass is 19.4. The molecule has 1 aliphatic rings. The summed E-state index contributed by atoms with van der Waals surface area (Å²) in [5, 5.41) is 11.5. The minimum Gasteiger partial charge on any atom is -0.348 e. The van der Waals surface area contributed by atoms with Gasteiger partial charge in [-0.05, 0) is 31.4 Å². The molecule has 1 aliphatic carbocycles. The van der Waals surface area contributed by atoms with E-state index in [2.05, 4.69) is 11.4 Å². The van der Waals surface area contributed by atoms with Crippen LogP contribution >= 0.6 is 0 Å². The molecule has 0 aromatic heterocycles. The molecule has 0 aliphatic heterocycles. The minimum atomic E-state index is -4.57. The van der Waals surface area contributed by atoms with Gasteiger partial charge in [0.05, 0.1) is 23.1 Å². The Balaban J connectivity index is 2.20. The van der Waals surface area contributed by atoms with Gasteiger partial charge in [0.25, 0.3) is 5.91 Å². The van der Waals surface area contributed by atoms with E-state index in [1.54, 1.807) is 0 Å². The zero-order valence-corrected chi connectivity index (χ0v) is 10.6. The van der Waals surface area contributed by atoms with Crippen molar-refractivity contribution in [2.45, 2.75) is 31.5 Å². The predicted octanol–water partition coefficient (Wildman–Crippen LogP) is 3.13. The first-order chi connectivity index (χ1) is 9.43. The Labute approximate surface area is 114 Å². The third-order valence-corrected chi connectivity index (χ3v) is 3.48. The van der Waals surface area contributed by atoms with Crippen LogP contribution < -0.4 is 5.32 Å². The van der Waals surface area contributed by atoms with Crippen molar-refractivity contribution in [1.82, 2.24) is 5.32 Å². The molecule has 1 amide bonds. The summed E-state index contributed by atoms with van der Waals surface area (Å²) in [6.45, 7) is 0. The number of alkyl halides is 3. The smallest absolute Gasteiger partial charge is 0.348 e. The van der Waals surface area contributed by atoms with E-state index >= 15 is 0 Å². The number of rotatable bonds is 2. The van der Waals surface area contributed by atoms with Crippen molar-refractivity contribution in [2.75, 3.05) is 0 Å². The molecular weight excluding hydrogens is 269 g/mol. The van der Waals surface area contributed by atoms with Crippen LogP contribution in [0.2, 0.25) is 0 Å². The molecule has 2 atom stereocenters. The van der Waals surface area contributed by atoms with E-state index in [-0.39, 0.29) is 12.0 Å². The summed E-state index contributed by atoms with van der Waals surface area (Å²) >= 11 is 0. The molecule has 0 bridgehead atoms. The largest absolute Gasteiger partial charge is 0.417 e. The van der Waals surface area contributed by atoms with Crippen LogP contribution in [0.25, 0.3) is 0 Å². The monoisotopic (exact) mass is 282 g/mol. The summed E-state index contributed by atoms with van der Waals surface area (Å²) in [6, 6.07) is 6.37. The summed E-state index contributed by atoms with van der Waals surface area (Å²) in [6.07, 6.45) is -2.48. The summed E-state index contributed by atoms with van der Waals surface area (Å²) in [4.78, 5) is 12.0. The molecule has 1 aromatic rings. The third-order valence-electron chi connectivity index (χ3n) is 3.48. The van der Waals surface area contributed by atoms with Crippen molar-refractivity contribution in [3.05, 3.63) is 35.4 Å². The van der Waals surface area contributed by atoms with Crippen LogP contribution in [-0.2, 0) is 6.18 Å². The van der Waals surface area contributed by atoms with Gasteiger partial charge in [0.15, 0.2) is 0 Å². The molecule has 0 heterocycles. The first kappa shape index (κ1) is 14.4. The van der Waals surface area contributed by atoms with Gasteiger partial charge in [-0.2, -0.15) is 18.4 Å². The van der Waals surface area contributed by atoms with E-state index in [0.717, 1.165) is 18.6 Å². The molecule has 0 spiro atoms. The standard InChI is InChI=1S/C14H13F3N2O/c15-14(16,17)11-6-2-1-5-10(11)13(20)19-12-7-3-4-9(12)8-18/h1-2,5-6,9,12H,3-4,7H2,(H,19,20). The molecule has 106 valence electrons. The molecule has 1 aromatic carbocycles. The average molecular weight is 282 g/mol. The number of benzene rings is 1. The third kappa shape index (κ3) is 2.93. The molecule has 3 nitrogen and oxygen atoms in total.